The van der Waals surface area contributed by atoms with Gasteiger partial charge in [0.25, 0.3) is 0 Å². The highest BCUT2D eigenvalue weighted by Gasteiger charge is 2.46. The molecule has 0 bridgehead atoms. The maximum absolute atomic E-state index is 12.8. The molecule has 0 aliphatic rings. The van der Waals surface area contributed by atoms with Crippen molar-refractivity contribution in [2.45, 2.75) is 45.6 Å². The molecule has 2 unspecified atom stereocenters. The number of nitrogens with zero attached hydrogens (tertiary/aromatic N) is 2. The Morgan fingerprint density at radius 2 is 1.51 bits per heavy atom. The third-order valence-corrected chi connectivity index (χ3v) is 8.27. The number of anilines is 2. The Morgan fingerprint density at radius 1 is 0.844 bits per heavy atom. The molecule has 0 saturated heterocycles. The summed E-state index contributed by atoms with van der Waals surface area (Å²) in [6.07, 6.45) is 4.48. The number of nitrogens with two attached hydrogens (primary N) is 1. The van der Waals surface area contributed by atoms with Gasteiger partial charge in [-0.3, -0.25) is 4.79 Å². The number of aromatic nitrogens is 1. The predicted octanol–water partition coefficient (Wildman–Crippen LogP) is 8.13. The van der Waals surface area contributed by atoms with Crippen LogP contribution in [0.4, 0.5) is 28.6 Å². The Labute approximate surface area is 267 Å². The molecule has 6 nitrogen and oxygen atoms in total. The summed E-state index contributed by atoms with van der Waals surface area (Å²) >= 11 is 0. The molecule has 0 radical (unpaired) electrons. The van der Waals surface area contributed by atoms with Crippen LogP contribution in [0.15, 0.2) is 128 Å². The minimum atomic E-state index is -0.656. The van der Waals surface area contributed by atoms with Crippen LogP contribution in [0.3, 0.4) is 0 Å². The summed E-state index contributed by atoms with van der Waals surface area (Å²) in [5.74, 6) is 0.737. The van der Waals surface area contributed by atoms with Gasteiger partial charge in [-0.15, -0.1) is 0 Å². The number of carbonyl (C=O) groups excluding carboxylic acids is 1. The summed E-state index contributed by atoms with van der Waals surface area (Å²) in [5, 5.41) is 6.89. The highest BCUT2D eigenvalue weighted by atomic mass is 16.1. The van der Waals surface area contributed by atoms with Gasteiger partial charge in [0.2, 0.25) is 11.7 Å². The lowest BCUT2D eigenvalue weighted by Gasteiger charge is -2.43. The van der Waals surface area contributed by atoms with Crippen molar-refractivity contribution in [2.75, 3.05) is 24.1 Å². The van der Waals surface area contributed by atoms with Crippen molar-refractivity contribution in [1.82, 2.24) is 14.8 Å². The molecule has 0 aliphatic carbocycles. The lowest BCUT2D eigenvalue weighted by atomic mass is 9.89. The number of nitrogen functional groups attached to an aromatic ring is 1. The van der Waals surface area contributed by atoms with Gasteiger partial charge in [-0.1, -0.05) is 84.4 Å². The Bertz CT molecular complexity index is 1680. The van der Waals surface area contributed by atoms with E-state index in [1.807, 2.05) is 54.7 Å². The van der Waals surface area contributed by atoms with Gasteiger partial charge in [-0.25, -0.2) is 9.47 Å². The van der Waals surface area contributed by atoms with Crippen LogP contribution in [0.25, 0.3) is 0 Å². The fourth-order valence-electron chi connectivity index (χ4n) is 6.35. The zero-order valence-corrected chi connectivity index (χ0v) is 26.5. The standard InChI is InChI=1S/C39H43N5O/c1-30-19-22-35(23-20-30)44(38-18-10-11-25-42-38,29-39(3,43-31(2)45)28-33-15-8-5-9-16-33)37-24-21-34(27-36(37)40)41-26-12-17-32-13-6-4-7-14-32/h4-11,13-16,18-25,27,41H,12,17,26,28-29,40H2,1-3H3/p+1. The van der Waals surface area contributed by atoms with Crippen LogP contribution in [0.1, 0.15) is 37.0 Å². The fourth-order valence-corrected chi connectivity index (χ4v) is 6.35. The fraction of sp³-hybridized carbons (Fsp3) is 0.231. The van der Waals surface area contributed by atoms with Gasteiger partial charge in [-0.05, 0) is 56.0 Å². The van der Waals surface area contributed by atoms with Crippen LogP contribution in [-0.2, 0) is 17.6 Å². The number of hydrogen-bond donors (Lipinski definition) is 3. The predicted molar refractivity (Wildman–Crippen MR) is 188 cm³/mol. The molecule has 2 atom stereocenters. The van der Waals surface area contributed by atoms with Gasteiger partial charge in [0, 0.05) is 56.0 Å². The number of amides is 1. The quantitative estimate of drug-likeness (QED) is 0.0726. The van der Waals surface area contributed by atoms with Gasteiger partial charge >= 0.3 is 0 Å². The summed E-state index contributed by atoms with van der Waals surface area (Å²) in [6, 6.07) is 41.6. The lowest BCUT2D eigenvalue weighted by Crippen LogP contribution is -2.59. The Hall–Kier alpha value is -4.94. The van der Waals surface area contributed by atoms with Crippen LogP contribution in [0.2, 0.25) is 0 Å². The van der Waals surface area contributed by atoms with Crippen LogP contribution >= 0.6 is 0 Å². The minimum absolute atomic E-state index is 0.0838. The van der Waals surface area contributed by atoms with Crippen LogP contribution < -0.4 is 20.9 Å². The SMILES string of the molecule is CC(=O)NC(C)(Cc1ccccc1)C[N+](c1ccc(C)cc1)(c1ccccn1)c1ccc(NCCCc2ccccc2)cc1N. The zero-order chi connectivity index (χ0) is 31.7. The van der Waals surface area contributed by atoms with Gasteiger partial charge in [0.05, 0.1) is 11.2 Å². The van der Waals surface area contributed by atoms with E-state index in [-0.39, 0.29) is 10.4 Å². The molecule has 0 saturated carbocycles. The Morgan fingerprint density at radius 3 is 2.13 bits per heavy atom. The van der Waals surface area contributed by atoms with Gasteiger partial charge in [0.1, 0.15) is 12.2 Å². The first-order valence-corrected chi connectivity index (χ1v) is 15.6. The molecule has 1 aromatic heterocycles. The molecule has 45 heavy (non-hydrogen) atoms. The van der Waals surface area contributed by atoms with Gasteiger partial charge < -0.3 is 16.4 Å². The number of aryl methyl sites for hydroxylation is 2. The molecule has 5 rings (SSSR count). The Kier molecular flexibility index (Phi) is 9.95. The average molecular weight is 599 g/mol. The van der Waals surface area contributed by atoms with Crippen LogP contribution in [0.5, 0.6) is 0 Å². The highest BCUT2D eigenvalue weighted by Crippen LogP contribution is 2.47. The van der Waals surface area contributed by atoms with Gasteiger partial charge in [-0.2, -0.15) is 0 Å². The molecule has 230 valence electrons. The lowest BCUT2D eigenvalue weighted by molar-refractivity contribution is -0.120. The second kappa shape index (κ2) is 14.2. The van der Waals surface area contributed by atoms with Gasteiger partial charge in [0.15, 0.2) is 5.69 Å². The number of quaternary nitrogens is 1. The molecule has 0 spiro atoms. The summed E-state index contributed by atoms with van der Waals surface area (Å²) in [6.45, 7) is 7.10. The molecule has 5 aromatic rings. The Balaban J connectivity index is 1.57. The average Bonchev–Trinajstić information content (AvgIpc) is 3.04. The second-order valence-electron chi connectivity index (χ2n) is 12.2. The minimum Gasteiger partial charge on any atom is -0.394 e. The van der Waals surface area contributed by atoms with E-state index >= 15 is 0 Å². The molecule has 6 heteroatoms. The number of hydrogen-bond acceptors (Lipinski definition) is 4. The summed E-state index contributed by atoms with van der Waals surface area (Å²) in [5.41, 5.74) is 13.5. The van der Waals surface area contributed by atoms with E-state index in [9.17, 15) is 4.79 Å². The zero-order valence-electron chi connectivity index (χ0n) is 26.5. The molecule has 0 fully saturated rings. The van der Waals surface area contributed by atoms with E-state index in [4.69, 9.17) is 10.7 Å². The smallest absolute Gasteiger partial charge is 0.237 e. The van der Waals surface area contributed by atoms with E-state index in [1.54, 1.807) is 6.92 Å². The maximum Gasteiger partial charge on any atom is 0.237 e. The van der Waals surface area contributed by atoms with Crippen molar-refractivity contribution in [3.63, 3.8) is 0 Å². The van der Waals surface area contributed by atoms with Crippen LogP contribution in [-0.4, -0.2) is 29.5 Å². The van der Waals surface area contributed by atoms with Crippen molar-refractivity contribution < 1.29 is 4.79 Å². The van der Waals surface area contributed by atoms with Crippen molar-refractivity contribution in [3.8, 4) is 0 Å². The van der Waals surface area contributed by atoms with Crippen molar-refractivity contribution in [3.05, 3.63) is 144 Å². The topological polar surface area (TPSA) is 80.0 Å². The van der Waals surface area contributed by atoms with E-state index in [0.717, 1.165) is 53.4 Å². The number of nitrogens with one attached hydrogen (secondary N) is 2. The van der Waals surface area contributed by atoms with E-state index in [1.165, 1.54) is 5.56 Å². The van der Waals surface area contributed by atoms with Crippen molar-refractivity contribution in [1.29, 1.82) is 0 Å². The van der Waals surface area contributed by atoms with Crippen molar-refractivity contribution >= 4 is 34.5 Å². The van der Waals surface area contributed by atoms with Crippen LogP contribution in [0, 0.1) is 6.92 Å². The highest BCUT2D eigenvalue weighted by molar-refractivity contribution is 5.81. The number of pyridine rings is 1. The van der Waals surface area contributed by atoms with E-state index in [0.29, 0.717) is 18.7 Å². The normalized spacial score (nSPS) is 13.8. The third-order valence-electron chi connectivity index (χ3n) is 8.27. The largest absolute Gasteiger partial charge is 0.394 e. The second-order valence-corrected chi connectivity index (χ2v) is 12.2. The molecule has 1 heterocycles. The van der Waals surface area contributed by atoms with Crippen molar-refractivity contribution in [2.24, 2.45) is 0 Å². The number of benzene rings is 4. The third kappa shape index (κ3) is 7.78. The summed E-state index contributed by atoms with van der Waals surface area (Å²) < 4.78 is 0.227. The summed E-state index contributed by atoms with van der Waals surface area (Å²) in [4.78, 5) is 17.7. The maximum atomic E-state index is 12.8. The number of rotatable bonds is 13. The molecule has 4 N–H and O–H groups in total. The summed E-state index contributed by atoms with van der Waals surface area (Å²) in [7, 11) is 0. The van der Waals surface area contributed by atoms with E-state index in [2.05, 4.69) is 97.3 Å². The molecule has 0 aliphatic heterocycles. The molecule has 1 amide bonds. The number of carbonyl (C=O) groups is 1. The monoisotopic (exact) mass is 598 g/mol. The molecule has 4 aromatic carbocycles. The first-order chi connectivity index (χ1) is 21.8. The first-order valence-electron chi connectivity index (χ1n) is 15.6. The van der Waals surface area contributed by atoms with E-state index < -0.39 is 5.54 Å². The molecular formula is C39H44N5O+. The molecular weight excluding hydrogens is 554 g/mol. The first kappa shape index (κ1) is 31.5.